The molecule has 2 aromatic rings. The van der Waals surface area contributed by atoms with Crippen LogP contribution < -0.4 is 10.1 Å². The topological polar surface area (TPSA) is 58.6 Å². The molecule has 2 amide bonds. The van der Waals surface area contributed by atoms with Crippen LogP contribution in [-0.2, 0) is 4.79 Å². The van der Waals surface area contributed by atoms with E-state index in [9.17, 15) is 9.59 Å². The van der Waals surface area contributed by atoms with Crippen LogP contribution in [0, 0.1) is 0 Å². The van der Waals surface area contributed by atoms with E-state index in [1.807, 2.05) is 60.4 Å². The number of hydrogen-bond donors (Lipinski definition) is 1. The Morgan fingerprint density at radius 2 is 1.93 bits per heavy atom. The zero-order chi connectivity index (χ0) is 19.6. The van der Waals surface area contributed by atoms with Crippen LogP contribution in [0.5, 0.6) is 5.75 Å². The smallest absolute Gasteiger partial charge is 0.255 e. The number of fused-ring (bicyclic) bond motifs is 1. The van der Waals surface area contributed by atoms with E-state index < -0.39 is 5.60 Å². The van der Waals surface area contributed by atoms with Crippen LogP contribution >= 0.6 is 0 Å². The Bertz CT molecular complexity index is 867. The second kappa shape index (κ2) is 7.66. The van der Waals surface area contributed by atoms with Gasteiger partial charge in [0.2, 0.25) is 5.91 Å². The standard InChI is InChI=1S/C23H26N2O3/c1-2-18(17-9-4-3-5-10-17)22(27)25-14-8-13-23(16-25)15-24-21(26)19-11-6-7-12-20(19)28-23/h3-7,9-12,18H,2,8,13-16H2,1H3,(H,24,26)/t18-,23+/m0/s1. The molecule has 2 heterocycles. The Hall–Kier alpha value is -2.82. The fraction of sp³-hybridized carbons (Fsp3) is 0.391. The van der Waals surface area contributed by atoms with Gasteiger partial charge in [0.1, 0.15) is 11.4 Å². The van der Waals surface area contributed by atoms with Crippen molar-refractivity contribution in [1.82, 2.24) is 10.2 Å². The van der Waals surface area contributed by atoms with Gasteiger partial charge < -0.3 is 15.0 Å². The summed E-state index contributed by atoms with van der Waals surface area (Å²) in [6.45, 7) is 3.67. The number of hydrogen-bond acceptors (Lipinski definition) is 3. The number of rotatable bonds is 3. The number of nitrogens with one attached hydrogen (secondary N) is 1. The molecule has 146 valence electrons. The SMILES string of the molecule is CC[C@H](C(=O)N1CCC[C@@]2(CNC(=O)c3ccccc3O2)C1)c1ccccc1. The van der Waals surface area contributed by atoms with E-state index in [-0.39, 0.29) is 17.7 Å². The second-order valence-corrected chi connectivity index (χ2v) is 7.70. The summed E-state index contributed by atoms with van der Waals surface area (Å²) >= 11 is 0. The van der Waals surface area contributed by atoms with Gasteiger partial charge in [0.15, 0.2) is 0 Å². The van der Waals surface area contributed by atoms with Crippen molar-refractivity contribution >= 4 is 11.8 Å². The summed E-state index contributed by atoms with van der Waals surface area (Å²) in [5.74, 6) is 0.470. The summed E-state index contributed by atoms with van der Waals surface area (Å²) in [7, 11) is 0. The van der Waals surface area contributed by atoms with Crippen LogP contribution in [0.1, 0.15) is 48.0 Å². The third-order valence-electron chi connectivity index (χ3n) is 5.79. The maximum Gasteiger partial charge on any atom is 0.255 e. The molecule has 5 nitrogen and oxygen atoms in total. The molecule has 28 heavy (non-hydrogen) atoms. The molecule has 5 heteroatoms. The molecule has 2 aliphatic heterocycles. The third kappa shape index (κ3) is 3.49. The summed E-state index contributed by atoms with van der Waals surface area (Å²) in [6.07, 6.45) is 2.43. The largest absolute Gasteiger partial charge is 0.483 e. The Balaban J connectivity index is 1.57. The van der Waals surface area contributed by atoms with Crippen LogP contribution in [-0.4, -0.2) is 41.9 Å². The van der Waals surface area contributed by atoms with E-state index in [0.717, 1.165) is 31.4 Å². The number of para-hydroxylation sites is 1. The lowest BCUT2D eigenvalue weighted by Crippen LogP contribution is -2.58. The summed E-state index contributed by atoms with van der Waals surface area (Å²) in [5.41, 5.74) is 1.03. The van der Waals surface area contributed by atoms with Crippen molar-refractivity contribution in [3.8, 4) is 5.75 Å². The normalized spacial score (nSPS) is 22.6. The predicted octanol–water partition coefficient (Wildman–Crippen LogP) is 3.36. The average molecular weight is 378 g/mol. The van der Waals surface area contributed by atoms with Gasteiger partial charge in [-0.25, -0.2) is 0 Å². The molecule has 2 aromatic carbocycles. The molecule has 0 aliphatic carbocycles. The lowest BCUT2D eigenvalue weighted by molar-refractivity contribution is -0.138. The first kappa shape index (κ1) is 18.5. The van der Waals surface area contributed by atoms with Crippen LogP contribution in [0.2, 0.25) is 0 Å². The first-order valence-corrected chi connectivity index (χ1v) is 10.0. The van der Waals surface area contributed by atoms with Crippen LogP contribution in [0.4, 0.5) is 0 Å². The Morgan fingerprint density at radius 1 is 1.18 bits per heavy atom. The highest BCUT2D eigenvalue weighted by molar-refractivity contribution is 5.97. The average Bonchev–Trinajstić information content (AvgIpc) is 2.86. The zero-order valence-electron chi connectivity index (χ0n) is 16.2. The maximum absolute atomic E-state index is 13.3. The van der Waals surface area contributed by atoms with Gasteiger partial charge in [0.05, 0.1) is 24.6 Å². The Labute approximate surface area is 165 Å². The van der Waals surface area contributed by atoms with Crippen LogP contribution in [0.25, 0.3) is 0 Å². The summed E-state index contributed by atoms with van der Waals surface area (Å²) in [4.78, 5) is 27.7. The highest BCUT2D eigenvalue weighted by atomic mass is 16.5. The Morgan fingerprint density at radius 3 is 2.71 bits per heavy atom. The molecule has 1 spiro atoms. The minimum Gasteiger partial charge on any atom is -0.483 e. The van der Waals surface area contributed by atoms with Gasteiger partial charge in [-0.05, 0) is 37.0 Å². The molecule has 4 rings (SSSR count). The molecule has 0 saturated carbocycles. The minimum atomic E-state index is -0.578. The summed E-state index contributed by atoms with van der Waals surface area (Å²) < 4.78 is 6.38. The number of ether oxygens (including phenoxy) is 1. The first-order chi connectivity index (χ1) is 13.6. The predicted molar refractivity (Wildman–Crippen MR) is 107 cm³/mol. The van der Waals surface area contributed by atoms with Crippen molar-refractivity contribution in [3.05, 3.63) is 65.7 Å². The van der Waals surface area contributed by atoms with Gasteiger partial charge in [-0.3, -0.25) is 9.59 Å². The molecule has 2 aliphatic rings. The number of likely N-dealkylation sites (tertiary alicyclic amines) is 1. The van der Waals surface area contributed by atoms with E-state index in [2.05, 4.69) is 5.32 Å². The van der Waals surface area contributed by atoms with Crippen molar-refractivity contribution in [2.45, 2.75) is 37.7 Å². The number of carbonyl (C=O) groups is 2. The van der Waals surface area contributed by atoms with E-state index in [1.165, 1.54) is 0 Å². The third-order valence-corrected chi connectivity index (χ3v) is 5.79. The fourth-order valence-corrected chi connectivity index (χ4v) is 4.32. The van der Waals surface area contributed by atoms with Crippen molar-refractivity contribution in [2.75, 3.05) is 19.6 Å². The highest BCUT2D eigenvalue weighted by Gasteiger charge is 2.43. The molecule has 0 radical (unpaired) electrons. The molecule has 0 bridgehead atoms. The summed E-state index contributed by atoms with van der Waals surface area (Å²) in [5, 5.41) is 2.99. The molecule has 1 N–H and O–H groups in total. The number of piperidine rings is 1. The summed E-state index contributed by atoms with van der Waals surface area (Å²) in [6, 6.07) is 17.3. The van der Waals surface area contributed by atoms with Gasteiger partial charge in [0, 0.05) is 6.54 Å². The molecular formula is C23H26N2O3. The van der Waals surface area contributed by atoms with Crippen molar-refractivity contribution in [3.63, 3.8) is 0 Å². The van der Waals surface area contributed by atoms with Gasteiger partial charge in [-0.1, -0.05) is 49.4 Å². The van der Waals surface area contributed by atoms with E-state index in [4.69, 9.17) is 4.74 Å². The maximum atomic E-state index is 13.3. The monoisotopic (exact) mass is 378 g/mol. The molecule has 1 fully saturated rings. The van der Waals surface area contributed by atoms with Gasteiger partial charge in [0.25, 0.3) is 5.91 Å². The second-order valence-electron chi connectivity index (χ2n) is 7.70. The first-order valence-electron chi connectivity index (χ1n) is 10.0. The van der Waals surface area contributed by atoms with Crippen LogP contribution in [0.15, 0.2) is 54.6 Å². The lowest BCUT2D eigenvalue weighted by Gasteiger charge is -2.43. The number of benzene rings is 2. The van der Waals surface area contributed by atoms with E-state index >= 15 is 0 Å². The van der Waals surface area contributed by atoms with E-state index in [1.54, 1.807) is 6.07 Å². The number of carbonyl (C=O) groups excluding carboxylic acids is 2. The quantitative estimate of drug-likeness (QED) is 0.891. The van der Waals surface area contributed by atoms with Gasteiger partial charge in [-0.2, -0.15) is 0 Å². The van der Waals surface area contributed by atoms with Gasteiger partial charge >= 0.3 is 0 Å². The van der Waals surface area contributed by atoms with Crippen molar-refractivity contribution in [2.24, 2.45) is 0 Å². The Kier molecular flexibility index (Phi) is 5.07. The fourth-order valence-electron chi connectivity index (χ4n) is 4.32. The van der Waals surface area contributed by atoms with Crippen LogP contribution in [0.3, 0.4) is 0 Å². The lowest BCUT2D eigenvalue weighted by atomic mass is 9.89. The van der Waals surface area contributed by atoms with E-state index in [0.29, 0.717) is 24.4 Å². The van der Waals surface area contributed by atoms with Gasteiger partial charge in [-0.15, -0.1) is 0 Å². The zero-order valence-corrected chi connectivity index (χ0v) is 16.2. The van der Waals surface area contributed by atoms with Crippen molar-refractivity contribution in [1.29, 1.82) is 0 Å². The molecule has 0 aromatic heterocycles. The molecule has 1 saturated heterocycles. The molecular weight excluding hydrogens is 352 g/mol. The molecule has 2 atom stereocenters. The minimum absolute atomic E-state index is 0.119. The highest BCUT2D eigenvalue weighted by Crippen LogP contribution is 2.33. The van der Waals surface area contributed by atoms with Crippen molar-refractivity contribution < 1.29 is 14.3 Å². The molecule has 0 unspecified atom stereocenters. The number of nitrogens with zero attached hydrogens (tertiary/aromatic N) is 1. The number of amides is 2.